The molecule has 2 nitrogen and oxygen atoms in total. The molecule has 0 rings (SSSR count). The van der Waals surface area contributed by atoms with Crippen LogP contribution < -0.4 is 5.73 Å². The third kappa shape index (κ3) is 3.33. The molecule has 0 aromatic heterocycles. The van der Waals surface area contributed by atoms with E-state index in [0.717, 1.165) is 0 Å². The highest BCUT2D eigenvalue weighted by Crippen LogP contribution is 2.28. The standard InChI is InChI=1S/C10H20FNO/c1-7(2)5-6-10(11,8(3)4)9(12)13/h7-8H,5-6H2,1-4H3,(H2,12,13). The van der Waals surface area contributed by atoms with E-state index in [-0.39, 0.29) is 12.3 Å². The van der Waals surface area contributed by atoms with Gasteiger partial charge in [-0.15, -0.1) is 0 Å². The Kier molecular flexibility index (Phi) is 4.37. The van der Waals surface area contributed by atoms with Crippen molar-refractivity contribution in [1.29, 1.82) is 0 Å². The number of carbonyl (C=O) groups excluding carboxylic acids is 1. The van der Waals surface area contributed by atoms with E-state index in [1.807, 2.05) is 13.8 Å². The van der Waals surface area contributed by atoms with E-state index in [4.69, 9.17) is 5.73 Å². The molecule has 1 unspecified atom stereocenters. The summed E-state index contributed by atoms with van der Waals surface area (Å²) in [5, 5.41) is 0. The molecule has 2 N–H and O–H groups in total. The smallest absolute Gasteiger partial charge is 0.255 e. The molecule has 3 heteroatoms. The van der Waals surface area contributed by atoms with Gasteiger partial charge in [0.25, 0.3) is 5.91 Å². The fourth-order valence-corrected chi connectivity index (χ4v) is 1.20. The van der Waals surface area contributed by atoms with Crippen molar-refractivity contribution in [2.75, 3.05) is 0 Å². The zero-order valence-corrected chi connectivity index (χ0v) is 8.93. The van der Waals surface area contributed by atoms with Crippen molar-refractivity contribution in [3.05, 3.63) is 0 Å². The summed E-state index contributed by atoms with van der Waals surface area (Å²) >= 11 is 0. The lowest BCUT2D eigenvalue weighted by molar-refractivity contribution is -0.133. The third-order valence-electron chi connectivity index (χ3n) is 2.41. The van der Waals surface area contributed by atoms with Crippen LogP contribution in [0.5, 0.6) is 0 Å². The first kappa shape index (κ1) is 12.4. The van der Waals surface area contributed by atoms with E-state index in [1.165, 1.54) is 0 Å². The van der Waals surface area contributed by atoms with Crippen LogP contribution >= 0.6 is 0 Å². The minimum Gasteiger partial charge on any atom is -0.367 e. The number of amides is 1. The van der Waals surface area contributed by atoms with Gasteiger partial charge in [0.05, 0.1) is 0 Å². The normalized spacial score (nSPS) is 16.2. The Morgan fingerprint density at radius 3 is 2.08 bits per heavy atom. The van der Waals surface area contributed by atoms with Crippen molar-refractivity contribution in [3.63, 3.8) is 0 Å². The van der Waals surface area contributed by atoms with Crippen LogP contribution in [0.25, 0.3) is 0 Å². The van der Waals surface area contributed by atoms with Crippen molar-refractivity contribution in [1.82, 2.24) is 0 Å². The maximum absolute atomic E-state index is 13.9. The van der Waals surface area contributed by atoms with Gasteiger partial charge in [-0.1, -0.05) is 27.7 Å². The average molecular weight is 189 g/mol. The summed E-state index contributed by atoms with van der Waals surface area (Å²) in [6, 6.07) is 0. The highest BCUT2D eigenvalue weighted by atomic mass is 19.1. The topological polar surface area (TPSA) is 43.1 Å². The molecule has 13 heavy (non-hydrogen) atoms. The maximum Gasteiger partial charge on any atom is 0.255 e. The van der Waals surface area contributed by atoms with E-state index in [9.17, 15) is 9.18 Å². The first-order valence-electron chi connectivity index (χ1n) is 4.79. The summed E-state index contributed by atoms with van der Waals surface area (Å²) in [6.45, 7) is 7.37. The lowest BCUT2D eigenvalue weighted by Gasteiger charge is -2.26. The van der Waals surface area contributed by atoms with Gasteiger partial charge in [0.1, 0.15) is 0 Å². The second-order valence-corrected chi connectivity index (χ2v) is 4.31. The Bertz CT molecular complexity index is 180. The predicted octanol–water partition coefficient (Wildman–Crippen LogP) is 2.27. The zero-order valence-electron chi connectivity index (χ0n) is 8.93. The van der Waals surface area contributed by atoms with Gasteiger partial charge >= 0.3 is 0 Å². The minimum absolute atomic E-state index is 0.234. The monoisotopic (exact) mass is 189 g/mol. The number of halogens is 1. The van der Waals surface area contributed by atoms with Crippen LogP contribution in [-0.4, -0.2) is 11.6 Å². The molecule has 0 aromatic rings. The molecule has 0 saturated carbocycles. The number of carbonyl (C=O) groups is 1. The number of alkyl halides is 1. The van der Waals surface area contributed by atoms with E-state index in [2.05, 4.69) is 0 Å². The highest BCUT2D eigenvalue weighted by molar-refractivity contribution is 5.83. The van der Waals surface area contributed by atoms with Gasteiger partial charge in [-0.25, -0.2) is 4.39 Å². The minimum atomic E-state index is -1.83. The van der Waals surface area contributed by atoms with E-state index in [1.54, 1.807) is 13.8 Å². The highest BCUT2D eigenvalue weighted by Gasteiger charge is 2.39. The second kappa shape index (κ2) is 4.58. The van der Waals surface area contributed by atoms with Crippen LogP contribution in [0.4, 0.5) is 4.39 Å². The Hall–Kier alpha value is -0.600. The number of primary amides is 1. The molecule has 1 amide bonds. The quantitative estimate of drug-likeness (QED) is 0.708. The van der Waals surface area contributed by atoms with Gasteiger partial charge in [0, 0.05) is 0 Å². The maximum atomic E-state index is 13.9. The van der Waals surface area contributed by atoms with Gasteiger partial charge in [-0.3, -0.25) is 4.79 Å². The van der Waals surface area contributed by atoms with Gasteiger partial charge in [-0.05, 0) is 24.7 Å². The van der Waals surface area contributed by atoms with Crippen LogP contribution in [0.2, 0.25) is 0 Å². The van der Waals surface area contributed by atoms with E-state index < -0.39 is 11.6 Å². The fraction of sp³-hybridized carbons (Fsp3) is 0.900. The van der Waals surface area contributed by atoms with Crippen molar-refractivity contribution in [2.24, 2.45) is 17.6 Å². The molecule has 0 aliphatic carbocycles. The molecule has 0 saturated heterocycles. The van der Waals surface area contributed by atoms with Crippen molar-refractivity contribution in [2.45, 2.75) is 46.2 Å². The lowest BCUT2D eigenvalue weighted by atomic mass is 9.85. The first-order valence-corrected chi connectivity index (χ1v) is 4.79. The van der Waals surface area contributed by atoms with E-state index >= 15 is 0 Å². The molecule has 78 valence electrons. The molecule has 0 aliphatic heterocycles. The summed E-state index contributed by atoms with van der Waals surface area (Å²) in [6.07, 6.45) is 0.926. The van der Waals surface area contributed by atoms with Crippen molar-refractivity contribution < 1.29 is 9.18 Å². The van der Waals surface area contributed by atoms with Crippen molar-refractivity contribution in [3.8, 4) is 0 Å². The summed E-state index contributed by atoms with van der Waals surface area (Å²) < 4.78 is 13.9. The molecule has 0 spiro atoms. The summed E-state index contributed by atoms with van der Waals surface area (Å²) in [5.74, 6) is -0.778. The van der Waals surface area contributed by atoms with Crippen LogP contribution in [-0.2, 0) is 4.79 Å². The Morgan fingerprint density at radius 1 is 1.38 bits per heavy atom. The van der Waals surface area contributed by atoms with Gasteiger partial charge in [0.15, 0.2) is 5.67 Å². The van der Waals surface area contributed by atoms with Crippen LogP contribution in [0.1, 0.15) is 40.5 Å². The SMILES string of the molecule is CC(C)CCC(F)(C(N)=O)C(C)C. The largest absolute Gasteiger partial charge is 0.367 e. The zero-order chi connectivity index (χ0) is 10.6. The van der Waals surface area contributed by atoms with Gasteiger partial charge in [-0.2, -0.15) is 0 Å². The van der Waals surface area contributed by atoms with Crippen LogP contribution in [0.3, 0.4) is 0 Å². The van der Waals surface area contributed by atoms with E-state index in [0.29, 0.717) is 12.3 Å². The number of hydrogen-bond acceptors (Lipinski definition) is 1. The molecule has 0 bridgehead atoms. The molecule has 1 atom stereocenters. The second-order valence-electron chi connectivity index (χ2n) is 4.31. The summed E-state index contributed by atoms with van der Waals surface area (Å²) in [5.41, 5.74) is 3.22. The third-order valence-corrected chi connectivity index (χ3v) is 2.41. The Morgan fingerprint density at radius 2 is 1.85 bits per heavy atom. The number of rotatable bonds is 5. The fourth-order valence-electron chi connectivity index (χ4n) is 1.20. The van der Waals surface area contributed by atoms with Crippen LogP contribution in [0, 0.1) is 11.8 Å². The molecule has 0 fully saturated rings. The molecule has 0 heterocycles. The Balaban J connectivity index is 4.34. The number of nitrogens with two attached hydrogens (primary N) is 1. The Labute approximate surface area is 79.7 Å². The first-order chi connectivity index (χ1) is 5.80. The molecular weight excluding hydrogens is 169 g/mol. The van der Waals surface area contributed by atoms with Crippen LogP contribution in [0.15, 0.2) is 0 Å². The molecule has 0 aromatic carbocycles. The molecular formula is C10H20FNO. The molecule has 0 aliphatic rings. The van der Waals surface area contributed by atoms with Gasteiger partial charge in [0.2, 0.25) is 0 Å². The summed E-state index contributed by atoms with van der Waals surface area (Å²) in [4.78, 5) is 10.9. The average Bonchev–Trinajstić information content (AvgIpc) is 1.99. The van der Waals surface area contributed by atoms with Crippen molar-refractivity contribution >= 4 is 5.91 Å². The van der Waals surface area contributed by atoms with Gasteiger partial charge < -0.3 is 5.73 Å². The summed E-state index contributed by atoms with van der Waals surface area (Å²) in [7, 11) is 0. The number of hydrogen-bond donors (Lipinski definition) is 1. The predicted molar refractivity (Wildman–Crippen MR) is 51.9 cm³/mol. The molecule has 0 radical (unpaired) electrons. The lowest BCUT2D eigenvalue weighted by Crippen LogP contribution is -2.44.